The molecule has 1 fully saturated rings. The number of carbonyl (C=O) groups excluding carboxylic acids is 1. The van der Waals surface area contributed by atoms with Crippen LogP contribution in [0.3, 0.4) is 0 Å². The maximum atomic E-state index is 13.1. The van der Waals surface area contributed by atoms with Gasteiger partial charge in [-0.1, -0.05) is 25.0 Å². The Morgan fingerprint density at radius 2 is 2.04 bits per heavy atom. The topological polar surface area (TPSA) is 90.7 Å². The minimum Gasteiger partial charge on any atom is -0.481 e. The highest BCUT2D eigenvalue weighted by Crippen LogP contribution is 2.37. The van der Waals surface area contributed by atoms with Crippen LogP contribution < -0.4 is 0 Å². The van der Waals surface area contributed by atoms with Crippen molar-refractivity contribution in [3.63, 3.8) is 0 Å². The third kappa shape index (κ3) is 3.41. The van der Waals surface area contributed by atoms with Crippen molar-refractivity contribution in [3.05, 3.63) is 41.1 Å². The predicted molar refractivity (Wildman–Crippen MR) is 103 cm³/mol. The zero-order valence-corrected chi connectivity index (χ0v) is 16.0. The van der Waals surface area contributed by atoms with Gasteiger partial charge in [0.15, 0.2) is 0 Å². The second-order valence-corrected chi connectivity index (χ2v) is 7.55. The summed E-state index contributed by atoms with van der Waals surface area (Å²) in [5, 5.41) is 21.1. The Morgan fingerprint density at radius 1 is 1.30 bits per heavy atom. The normalized spacial score (nSPS) is 22.8. The second-order valence-electron chi connectivity index (χ2n) is 7.55. The number of carbonyl (C=O) groups is 2. The number of carboxylic acid groups (broad SMARTS) is 1. The minimum atomic E-state index is -1.17. The van der Waals surface area contributed by atoms with Crippen LogP contribution in [0.5, 0.6) is 0 Å². The van der Waals surface area contributed by atoms with Gasteiger partial charge in [0.05, 0.1) is 28.3 Å². The van der Waals surface area contributed by atoms with Gasteiger partial charge >= 0.3 is 5.97 Å². The molecule has 0 unspecified atom stereocenters. The lowest BCUT2D eigenvalue weighted by Gasteiger charge is -2.42. The first kappa shape index (κ1) is 19.3. The molecule has 1 aliphatic rings. The first-order valence-electron chi connectivity index (χ1n) is 9.37. The lowest BCUT2D eigenvalue weighted by Crippen LogP contribution is -2.56. The van der Waals surface area contributed by atoms with Crippen LogP contribution in [0.15, 0.2) is 24.3 Å². The maximum absolute atomic E-state index is 13.1. The predicted octanol–water partition coefficient (Wildman–Crippen LogP) is 2.93. The van der Waals surface area contributed by atoms with E-state index in [1.807, 2.05) is 38.1 Å². The van der Waals surface area contributed by atoms with Crippen molar-refractivity contribution in [1.29, 1.82) is 0 Å². The second kappa shape index (κ2) is 7.27. The van der Waals surface area contributed by atoms with E-state index in [4.69, 9.17) is 0 Å². The third-order valence-corrected chi connectivity index (χ3v) is 5.66. The molecule has 1 aromatic heterocycles. The molecule has 0 bridgehead atoms. The number of aryl methyl sites for hydroxylation is 2. The molecule has 6 heteroatoms. The summed E-state index contributed by atoms with van der Waals surface area (Å²) in [5.74, 6) is -1.19. The summed E-state index contributed by atoms with van der Waals surface area (Å²) < 4.78 is 0. The van der Waals surface area contributed by atoms with E-state index in [-0.39, 0.29) is 18.9 Å². The highest BCUT2D eigenvalue weighted by molar-refractivity contribution is 5.99. The summed E-state index contributed by atoms with van der Waals surface area (Å²) >= 11 is 0. The van der Waals surface area contributed by atoms with Crippen LogP contribution in [-0.4, -0.2) is 51.2 Å². The van der Waals surface area contributed by atoms with Gasteiger partial charge in [-0.15, -0.1) is 0 Å². The van der Waals surface area contributed by atoms with Crippen molar-refractivity contribution in [2.75, 3.05) is 13.1 Å². The van der Waals surface area contributed by atoms with Gasteiger partial charge in [0.1, 0.15) is 0 Å². The smallest absolute Gasteiger partial charge is 0.312 e. The zero-order valence-electron chi connectivity index (χ0n) is 16.0. The van der Waals surface area contributed by atoms with E-state index in [2.05, 4.69) is 4.98 Å². The first-order chi connectivity index (χ1) is 12.8. The van der Waals surface area contributed by atoms with E-state index in [1.165, 1.54) is 0 Å². The number of aliphatic hydroxyl groups is 1. The van der Waals surface area contributed by atoms with Gasteiger partial charge in [-0.3, -0.25) is 14.6 Å². The van der Waals surface area contributed by atoms with Crippen molar-refractivity contribution in [1.82, 2.24) is 9.88 Å². The number of piperidine rings is 1. The SMILES string of the molecule is CCC[C@]1(C(=O)O)CCN(C(=O)c2cc3cc(C)ccc3nc2C)C[C@@H]1O. The molecule has 2 aromatic rings. The largest absolute Gasteiger partial charge is 0.481 e. The van der Waals surface area contributed by atoms with Gasteiger partial charge in [-0.25, -0.2) is 0 Å². The summed E-state index contributed by atoms with van der Waals surface area (Å²) in [6, 6.07) is 7.74. The number of hydrogen-bond donors (Lipinski definition) is 2. The molecule has 2 N–H and O–H groups in total. The molecule has 1 amide bonds. The fourth-order valence-electron chi connectivity index (χ4n) is 4.03. The van der Waals surface area contributed by atoms with Gasteiger partial charge < -0.3 is 15.1 Å². The third-order valence-electron chi connectivity index (χ3n) is 5.66. The quantitative estimate of drug-likeness (QED) is 0.863. The summed E-state index contributed by atoms with van der Waals surface area (Å²) in [5.41, 5.74) is 1.89. The fourth-order valence-corrected chi connectivity index (χ4v) is 4.03. The lowest BCUT2D eigenvalue weighted by molar-refractivity contribution is -0.162. The molecule has 2 heterocycles. The highest BCUT2D eigenvalue weighted by Gasteiger charge is 2.48. The Bertz CT molecular complexity index is 895. The van der Waals surface area contributed by atoms with Crippen LogP contribution in [0, 0.1) is 19.3 Å². The van der Waals surface area contributed by atoms with Gasteiger partial charge in [0.25, 0.3) is 5.91 Å². The Balaban J connectivity index is 1.88. The number of aromatic nitrogens is 1. The van der Waals surface area contributed by atoms with E-state index < -0.39 is 17.5 Å². The number of aliphatic carboxylic acids is 1. The number of β-amino-alcohol motifs (C(OH)–C–C–N with tert-alkyl or cyclic N) is 1. The highest BCUT2D eigenvalue weighted by atomic mass is 16.4. The lowest BCUT2D eigenvalue weighted by atomic mass is 9.72. The molecule has 0 aliphatic carbocycles. The van der Waals surface area contributed by atoms with Gasteiger partial charge in [0.2, 0.25) is 0 Å². The molecule has 144 valence electrons. The van der Waals surface area contributed by atoms with E-state index in [0.29, 0.717) is 30.6 Å². The Kier molecular flexibility index (Phi) is 5.20. The van der Waals surface area contributed by atoms with E-state index in [9.17, 15) is 19.8 Å². The number of carboxylic acids is 1. The van der Waals surface area contributed by atoms with Crippen LogP contribution in [0.4, 0.5) is 0 Å². The van der Waals surface area contributed by atoms with Crippen LogP contribution in [0.2, 0.25) is 0 Å². The molecule has 2 atom stereocenters. The van der Waals surface area contributed by atoms with E-state index in [1.54, 1.807) is 11.8 Å². The van der Waals surface area contributed by atoms with Crippen molar-refractivity contribution in [3.8, 4) is 0 Å². The standard InChI is InChI=1S/C21H26N2O4/c1-4-7-21(20(26)27)8-9-23(12-18(21)24)19(25)16-11-15-10-13(2)5-6-17(15)22-14(16)3/h5-6,10-11,18,24H,4,7-9,12H2,1-3H3,(H,26,27)/t18-,21-/m0/s1. The number of amides is 1. The summed E-state index contributed by atoms with van der Waals surface area (Å²) in [4.78, 5) is 30.9. The molecule has 6 nitrogen and oxygen atoms in total. The molecule has 0 saturated carbocycles. The van der Waals surface area contributed by atoms with Crippen molar-refractivity contribution < 1.29 is 19.8 Å². The minimum absolute atomic E-state index is 0.0242. The van der Waals surface area contributed by atoms with Crippen LogP contribution in [0.25, 0.3) is 10.9 Å². The molecular formula is C21H26N2O4. The molecule has 0 spiro atoms. The Hall–Kier alpha value is -2.47. The average molecular weight is 370 g/mol. The molecule has 0 radical (unpaired) electrons. The van der Waals surface area contributed by atoms with Crippen LogP contribution >= 0.6 is 0 Å². The van der Waals surface area contributed by atoms with Gasteiger partial charge in [-0.05, 0) is 44.9 Å². The van der Waals surface area contributed by atoms with Crippen molar-refractivity contribution >= 4 is 22.8 Å². The maximum Gasteiger partial charge on any atom is 0.312 e. The number of fused-ring (bicyclic) bond motifs is 1. The molecule has 3 rings (SSSR count). The van der Waals surface area contributed by atoms with Gasteiger partial charge in [-0.2, -0.15) is 0 Å². The number of aliphatic hydroxyl groups excluding tert-OH is 1. The number of pyridine rings is 1. The number of nitrogens with zero attached hydrogens (tertiary/aromatic N) is 2. The monoisotopic (exact) mass is 370 g/mol. The van der Waals surface area contributed by atoms with Crippen LogP contribution in [-0.2, 0) is 4.79 Å². The Labute approximate surface area is 158 Å². The van der Waals surface area contributed by atoms with Crippen LogP contribution in [0.1, 0.15) is 47.8 Å². The van der Waals surface area contributed by atoms with Crippen molar-refractivity contribution in [2.24, 2.45) is 5.41 Å². The number of benzene rings is 1. The number of hydrogen-bond acceptors (Lipinski definition) is 4. The number of rotatable bonds is 4. The molecule has 1 aromatic carbocycles. The Morgan fingerprint density at radius 3 is 2.67 bits per heavy atom. The molecular weight excluding hydrogens is 344 g/mol. The van der Waals surface area contributed by atoms with E-state index >= 15 is 0 Å². The first-order valence-corrected chi connectivity index (χ1v) is 9.37. The molecule has 1 saturated heterocycles. The zero-order chi connectivity index (χ0) is 19.8. The summed E-state index contributed by atoms with van der Waals surface area (Å²) in [6.07, 6.45) is 0.247. The average Bonchev–Trinajstić information content (AvgIpc) is 2.62. The summed E-state index contributed by atoms with van der Waals surface area (Å²) in [7, 11) is 0. The molecule has 1 aliphatic heterocycles. The fraction of sp³-hybridized carbons (Fsp3) is 0.476. The number of likely N-dealkylation sites (tertiary alicyclic amines) is 1. The summed E-state index contributed by atoms with van der Waals surface area (Å²) in [6.45, 7) is 6.03. The van der Waals surface area contributed by atoms with Gasteiger partial charge in [0, 0.05) is 18.5 Å². The van der Waals surface area contributed by atoms with Crippen molar-refractivity contribution in [2.45, 2.75) is 46.1 Å². The van der Waals surface area contributed by atoms with E-state index in [0.717, 1.165) is 16.5 Å². The molecule has 27 heavy (non-hydrogen) atoms.